The number of hydrogen-bond donors (Lipinski definition) is 1. The average molecular weight is 217 g/mol. The summed E-state index contributed by atoms with van der Waals surface area (Å²) in [6.45, 7) is 7.57. The molecular formula is C12H27NS. The fourth-order valence-corrected chi connectivity index (χ4v) is 2.15. The molecule has 14 heavy (non-hydrogen) atoms. The second kappa shape index (κ2) is 9.85. The van der Waals surface area contributed by atoms with Crippen molar-refractivity contribution < 1.29 is 0 Å². The van der Waals surface area contributed by atoms with Crippen molar-refractivity contribution in [1.82, 2.24) is 5.32 Å². The molecule has 0 bridgehead atoms. The summed E-state index contributed by atoms with van der Waals surface area (Å²) in [5.41, 5.74) is 0. The Kier molecular flexibility index (Phi) is 10.1. The van der Waals surface area contributed by atoms with E-state index in [4.69, 9.17) is 0 Å². The first-order chi connectivity index (χ1) is 6.83. The van der Waals surface area contributed by atoms with Gasteiger partial charge < -0.3 is 5.32 Å². The van der Waals surface area contributed by atoms with Gasteiger partial charge in [-0.1, -0.05) is 20.8 Å². The van der Waals surface area contributed by atoms with E-state index in [2.05, 4.69) is 18.5 Å². The van der Waals surface area contributed by atoms with Crippen LogP contribution in [0.2, 0.25) is 0 Å². The molecule has 1 nitrogen and oxygen atoms in total. The van der Waals surface area contributed by atoms with Crippen LogP contribution >= 0.6 is 11.8 Å². The first kappa shape index (κ1) is 14.3. The third-order valence-corrected chi connectivity index (χ3v) is 3.37. The highest BCUT2D eigenvalue weighted by Gasteiger charge is 2.16. The van der Waals surface area contributed by atoms with E-state index in [9.17, 15) is 0 Å². The molecule has 0 amide bonds. The van der Waals surface area contributed by atoms with Crippen molar-refractivity contribution in [3.05, 3.63) is 0 Å². The zero-order valence-corrected chi connectivity index (χ0v) is 11.1. The second-order valence-corrected chi connectivity index (χ2v) is 4.89. The summed E-state index contributed by atoms with van der Waals surface area (Å²) in [6.07, 6.45) is 7.82. The first-order valence-electron chi connectivity index (χ1n) is 6.05. The Hall–Kier alpha value is 0.310. The van der Waals surface area contributed by atoms with Gasteiger partial charge in [-0.15, -0.1) is 0 Å². The molecule has 0 unspecified atom stereocenters. The third-order valence-electron chi connectivity index (χ3n) is 2.76. The molecular weight excluding hydrogens is 190 g/mol. The van der Waals surface area contributed by atoms with E-state index in [-0.39, 0.29) is 0 Å². The highest BCUT2D eigenvalue weighted by atomic mass is 32.2. The lowest BCUT2D eigenvalue weighted by atomic mass is 9.87. The van der Waals surface area contributed by atoms with Crippen molar-refractivity contribution in [3.63, 3.8) is 0 Å². The summed E-state index contributed by atoms with van der Waals surface area (Å²) in [5.74, 6) is 2.23. The minimum Gasteiger partial charge on any atom is -0.313 e. The van der Waals surface area contributed by atoms with Gasteiger partial charge in [-0.2, -0.15) is 11.8 Å². The van der Waals surface area contributed by atoms with Gasteiger partial charge in [-0.05, 0) is 37.9 Å². The topological polar surface area (TPSA) is 12.0 Å². The lowest BCUT2D eigenvalue weighted by Crippen LogP contribution is -2.34. The van der Waals surface area contributed by atoms with Crippen LogP contribution in [-0.4, -0.2) is 24.6 Å². The van der Waals surface area contributed by atoms with Crippen molar-refractivity contribution >= 4 is 11.8 Å². The second-order valence-electron chi connectivity index (χ2n) is 3.90. The predicted octanol–water partition coefficient (Wildman–Crippen LogP) is 3.54. The van der Waals surface area contributed by atoms with E-state index in [1.54, 1.807) is 0 Å². The van der Waals surface area contributed by atoms with Gasteiger partial charge in [0.25, 0.3) is 0 Å². The highest BCUT2D eigenvalue weighted by Crippen LogP contribution is 2.23. The molecule has 0 spiro atoms. The fourth-order valence-electron chi connectivity index (χ4n) is 1.83. The lowest BCUT2D eigenvalue weighted by molar-refractivity contribution is 0.312. The Bertz CT molecular complexity index is 109. The molecule has 0 aromatic rings. The maximum absolute atomic E-state index is 3.62. The zero-order valence-electron chi connectivity index (χ0n) is 10.3. The largest absolute Gasteiger partial charge is 0.313 e. The van der Waals surface area contributed by atoms with Crippen LogP contribution < -0.4 is 5.32 Å². The quantitative estimate of drug-likeness (QED) is 0.723. The molecule has 1 aliphatic carbocycles. The molecule has 2 heteroatoms. The highest BCUT2D eigenvalue weighted by molar-refractivity contribution is 7.98. The van der Waals surface area contributed by atoms with Crippen LogP contribution in [0.15, 0.2) is 0 Å². The molecule has 1 fully saturated rings. The number of rotatable bonds is 4. The molecule has 0 aromatic carbocycles. The molecule has 0 aromatic heterocycles. The van der Waals surface area contributed by atoms with Crippen LogP contribution in [0.1, 0.15) is 46.5 Å². The summed E-state index contributed by atoms with van der Waals surface area (Å²) in [5, 5.41) is 3.62. The molecule has 0 heterocycles. The summed E-state index contributed by atoms with van der Waals surface area (Å²) < 4.78 is 0. The number of hydrogen-bond acceptors (Lipinski definition) is 2. The summed E-state index contributed by atoms with van der Waals surface area (Å²) in [4.78, 5) is 0. The molecule has 1 saturated carbocycles. The van der Waals surface area contributed by atoms with Gasteiger partial charge in [0.1, 0.15) is 0 Å². The molecule has 0 saturated heterocycles. The van der Waals surface area contributed by atoms with Gasteiger partial charge in [0.15, 0.2) is 0 Å². The maximum Gasteiger partial charge on any atom is 0.00675 e. The fraction of sp³-hybridized carbons (Fsp3) is 1.00. The predicted molar refractivity (Wildman–Crippen MR) is 69.2 cm³/mol. The van der Waals surface area contributed by atoms with Crippen molar-refractivity contribution in [3.8, 4) is 0 Å². The first-order valence-corrected chi connectivity index (χ1v) is 7.44. The van der Waals surface area contributed by atoms with Crippen LogP contribution in [0.5, 0.6) is 0 Å². The molecule has 0 atom stereocenters. The third kappa shape index (κ3) is 6.72. The van der Waals surface area contributed by atoms with E-state index in [0.29, 0.717) is 0 Å². The van der Waals surface area contributed by atoms with E-state index in [1.165, 1.54) is 38.0 Å². The van der Waals surface area contributed by atoms with Crippen molar-refractivity contribution in [2.45, 2.75) is 52.5 Å². The molecule has 1 N–H and O–H groups in total. The number of nitrogens with one attached hydrogen (secondary N) is 1. The normalized spacial score (nSPS) is 26.6. The summed E-state index contributed by atoms with van der Waals surface area (Å²) in [7, 11) is 0. The van der Waals surface area contributed by atoms with Crippen LogP contribution in [0.25, 0.3) is 0 Å². The zero-order chi connectivity index (χ0) is 10.8. The Morgan fingerprint density at radius 1 is 1.14 bits per heavy atom. The Balaban J connectivity index is 0.000000791. The van der Waals surface area contributed by atoms with Crippen molar-refractivity contribution in [2.75, 3.05) is 18.6 Å². The molecule has 1 rings (SSSR count). The molecule has 0 radical (unpaired) electrons. The van der Waals surface area contributed by atoms with Crippen LogP contribution in [-0.2, 0) is 0 Å². The van der Waals surface area contributed by atoms with E-state index in [1.807, 2.05) is 25.6 Å². The van der Waals surface area contributed by atoms with Gasteiger partial charge in [-0.3, -0.25) is 0 Å². The van der Waals surface area contributed by atoms with Crippen molar-refractivity contribution in [2.24, 2.45) is 5.92 Å². The van der Waals surface area contributed by atoms with Gasteiger partial charge in [0.2, 0.25) is 0 Å². The Morgan fingerprint density at radius 2 is 1.71 bits per heavy atom. The standard InChI is InChI=1S/C10H21NS.C2H6/c1-9-3-5-10(6-4-9)11-7-8-12-2;1-2/h9-11H,3-8H2,1-2H3;1-2H3. The van der Waals surface area contributed by atoms with Crippen molar-refractivity contribution in [1.29, 1.82) is 0 Å². The minimum absolute atomic E-state index is 0.827. The van der Waals surface area contributed by atoms with Gasteiger partial charge >= 0.3 is 0 Å². The van der Waals surface area contributed by atoms with Gasteiger partial charge in [0, 0.05) is 18.3 Å². The van der Waals surface area contributed by atoms with Gasteiger partial charge in [-0.25, -0.2) is 0 Å². The SMILES string of the molecule is CC.CSCCNC1CCC(C)CC1. The molecule has 0 aliphatic heterocycles. The van der Waals surface area contributed by atoms with E-state index < -0.39 is 0 Å². The van der Waals surface area contributed by atoms with E-state index >= 15 is 0 Å². The molecule has 86 valence electrons. The Morgan fingerprint density at radius 3 is 2.21 bits per heavy atom. The van der Waals surface area contributed by atoms with Crippen LogP contribution in [0.3, 0.4) is 0 Å². The van der Waals surface area contributed by atoms with Gasteiger partial charge in [0.05, 0.1) is 0 Å². The average Bonchev–Trinajstić information content (AvgIpc) is 2.24. The smallest absolute Gasteiger partial charge is 0.00675 e. The minimum atomic E-state index is 0.827. The van der Waals surface area contributed by atoms with Crippen LogP contribution in [0, 0.1) is 5.92 Å². The summed E-state index contributed by atoms with van der Waals surface area (Å²) in [6, 6.07) is 0.827. The lowest BCUT2D eigenvalue weighted by Gasteiger charge is -2.26. The summed E-state index contributed by atoms with van der Waals surface area (Å²) >= 11 is 1.93. The van der Waals surface area contributed by atoms with E-state index in [0.717, 1.165) is 12.0 Å². The Labute approximate surface area is 94.4 Å². The maximum atomic E-state index is 3.62. The van der Waals surface area contributed by atoms with Crippen LogP contribution in [0.4, 0.5) is 0 Å². The monoisotopic (exact) mass is 217 g/mol. The molecule has 1 aliphatic rings. The number of thioether (sulfide) groups is 1.